The molecule has 0 aliphatic carbocycles. The third-order valence-electron chi connectivity index (χ3n) is 4.37. The van der Waals surface area contributed by atoms with Crippen molar-refractivity contribution in [3.05, 3.63) is 60.6 Å². The van der Waals surface area contributed by atoms with Crippen molar-refractivity contribution in [1.29, 1.82) is 0 Å². The summed E-state index contributed by atoms with van der Waals surface area (Å²) in [6.45, 7) is 4.42. The van der Waals surface area contributed by atoms with Gasteiger partial charge in [-0.3, -0.25) is 0 Å². The predicted octanol–water partition coefficient (Wildman–Crippen LogP) is 3.06. The molecule has 21 heavy (non-hydrogen) atoms. The van der Waals surface area contributed by atoms with Crippen LogP contribution in [0.15, 0.2) is 55.0 Å². The average molecular weight is 280 g/mol. The highest BCUT2D eigenvalue weighted by Crippen LogP contribution is 2.32. The molecule has 1 atom stereocenters. The van der Waals surface area contributed by atoms with Crippen LogP contribution in [-0.4, -0.2) is 18.1 Å². The summed E-state index contributed by atoms with van der Waals surface area (Å²) in [4.78, 5) is 4.54. The van der Waals surface area contributed by atoms with Crippen LogP contribution >= 0.6 is 0 Å². The monoisotopic (exact) mass is 280 g/mol. The minimum absolute atomic E-state index is 0.350. The third kappa shape index (κ3) is 2.29. The summed E-state index contributed by atoms with van der Waals surface area (Å²) in [6, 6.07) is 12.9. The zero-order chi connectivity index (χ0) is 15.0. The van der Waals surface area contributed by atoms with E-state index in [4.69, 9.17) is 0 Å². The third-order valence-corrected chi connectivity index (χ3v) is 4.37. The van der Waals surface area contributed by atoms with Crippen molar-refractivity contribution in [2.45, 2.75) is 20.0 Å². The Morgan fingerprint density at radius 3 is 2.52 bits per heavy atom. The highest BCUT2D eigenvalue weighted by Gasteiger charge is 2.23. The van der Waals surface area contributed by atoms with E-state index in [-0.39, 0.29) is 0 Å². The Hall–Kier alpha value is -2.29. The molecule has 0 unspecified atom stereocenters. The summed E-state index contributed by atoms with van der Waals surface area (Å²) in [6.07, 6.45) is 6.72. The van der Waals surface area contributed by atoms with Crippen molar-refractivity contribution < 1.29 is 4.57 Å². The predicted molar refractivity (Wildman–Crippen MR) is 86.6 cm³/mol. The molecule has 1 aromatic heterocycles. The highest BCUT2D eigenvalue weighted by atomic mass is 15.4. The maximum absolute atomic E-state index is 2.32. The molecule has 0 spiro atoms. The van der Waals surface area contributed by atoms with Crippen molar-refractivity contribution >= 4 is 5.69 Å². The number of hydrogen-bond donors (Lipinski definition) is 0. The van der Waals surface area contributed by atoms with Crippen molar-refractivity contribution in [3.8, 4) is 11.3 Å². The fourth-order valence-corrected chi connectivity index (χ4v) is 2.89. The van der Waals surface area contributed by atoms with Gasteiger partial charge in [-0.25, -0.2) is 4.57 Å². The fraction of sp³-hybridized carbons (Fsp3) is 0.278. The number of hydrogen-bond acceptors (Lipinski definition) is 2. The van der Waals surface area contributed by atoms with E-state index in [1.807, 2.05) is 0 Å². The summed E-state index contributed by atoms with van der Waals surface area (Å²) in [7, 11) is 4.20. The van der Waals surface area contributed by atoms with Gasteiger partial charge in [-0.15, -0.1) is 0 Å². The Labute approximate surface area is 126 Å². The van der Waals surface area contributed by atoms with Crippen molar-refractivity contribution in [2.24, 2.45) is 7.05 Å². The van der Waals surface area contributed by atoms with Crippen molar-refractivity contribution in [3.63, 3.8) is 0 Å². The van der Waals surface area contributed by atoms with Crippen LogP contribution in [0.5, 0.6) is 0 Å². The zero-order valence-electron chi connectivity index (χ0n) is 13.1. The molecule has 2 aromatic rings. The van der Waals surface area contributed by atoms with E-state index < -0.39 is 0 Å². The number of aromatic nitrogens is 1. The van der Waals surface area contributed by atoms with Gasteiger partial charge in [-0.1, -0.05) is 6.07 Å². The molecule has 0 bridgehead atoms. The quantitative estimate of drug-likeness (QED) is 0.783. The lowest BCUT2D eigenvalue weighted by Crippen LogP contribution is -2.34. The zero-order valence-corrected chi connectivity index (χ0v) is 13.1. The molecule has 1 aliphatic rings. The van der Waals surface area contributed by atoms with Crippen LogP contribution < -0.4 is 9.47 Å². The number of pyridine rings is 1. The van der Waals surface area contributed by atoms with Crippen molar-refractivity contribution in [2.75, 3.05) is 11.9 Å². The van der Waals surface area contributed by atoms with E-state index in [9.17, 15) is 0 Å². The summed E-state index contributed by atoms with van der Waals surface area (Å²) >= 11 is 0. The van der Waals surface area contributed by atoms with Gasteiger partial charge in [-0.05, 0) is 37.6 Å². The Balaban J connectivity index is 2.08. The lowest BCUT2D eigenvalue weighted by molar-refractivity contribution is -0.660. The summed E-state index contributed by atoms with van der Waals surface area (Å²) in [5.41, 5.74) is 5.10. The Kier molecular flexibility index (Phi) is 3.42. The van der Waals surface area contributed by atoms with Gasteiger partial charge in [0.15, 0.2) is 6.20 Å². The SMILES string of the molecule is Cc1c(-c2cccc[n+]2C)cccc1N1C=CN(C)[C@@H]1C. The summed E-state index contributed by atoms with van der Waals surface area (Å²) in [5, 5.41) is 0. The van der Waals surface area contributed by atoms with Gasteiger partial charge in [0.05, 0.1) is 5.56 Å². The first-order chi connectivity index (χ1) is 10.1. The van der Waals surface area contributed by atoms with Crippen LogP contribution in [0, 0.1) is 6.92 Å². The van der Waals surface area contributed by atoms with E-state index in [1.54, 1.807) is 0 Å². The van der Waals surface area contributed by atoms with Gasteiger partial charge in [0, 0.05) is 37.3 Å². The minimum Gasteiger partial charge on any atom is -0.359 e. The molecule has 1 aliphatic heterocycles. The number of rotatable bonds is 2. The van der Waals surface area contributed by atoms with Crippen LogP contribution in [0.25, 0.3) is 11.3 Å². The maximum Gasteiger partial charge on any atom is 0.212 e. The lowest BCUT2D eigenvalue weighted by Gasteiger charge is -2.28. The number of aryl methyl sites for hydroxylation is 1. The van der Waals surface area contributed by atoms with Gasteiger partial charge in [0.2, 0.25) is 5.69 Å². The summed E-state index contributed by atoms with van der Waals surface area (Å²) in [5.74, 6) is 0. The topological polar surface area (TPSA) is 10.4 Å². The molecule has 0 radical (unpaired) electrons. The number of nitrogens with zero attached hydrogens (tertiary/aromatic N) is 3. The number of anilines is 1. The molecule has 0 saturated heterocycles. The van der Waals surface area contributed by atoms with E-state index in [2.05, 4.69) is 97.3 Å². The minimum atomic E-state index is 0.350. The normalized spacial score (nSPS) is 17.6. The molecule has 3 heteroatoms. The van der Waals surface area contributed by atoms with Crippen LogP contribution in [0.1, 0.15) is 12.5 Å². The van der Waals surface area contributed by atoms with Gasteiger partial charge >= 0.3 is 0 Å². The van der Waals surface area contributed by atoms with Crippen molar-refractivity contribution in [1.82, 2.24) is 4.90 Å². The second-order valence-electron chi connectivity index (χ2n) is 5.65. The highest BCUT2D eigenvalue weighted by molar-refractivity contribution is 5.71. The Bertz CT molecular complexity index is 691. The molecular weight excluding hydrogens is 258 g/mol. The molecule has 0 fully saturated rings. The van der Waals surface area contributed by atoms with Gasteiger partial charge in [0.25, 0.3) is 0 Å². The van der Waals surface area contributed by atoms with E-state index in [0.717, 1.165) is 0 Å². The van der Waals surface area contributed by atoms with Crippen LogP contribution in [0.2, 0.25) is 0 Å². The Morgan fingerprint density at radius 2 is 1.86 bits per heavy atom. The molecular formula is C18H22N3+. The number of benzene rings is 1. The average Bonchev–Trinajstić information content (AvgIpc) is 2.80. The maximum atomic E-state index is 2.32. The molecule has 0 amide bonds. The first-order valence-electron chi connectivity index (χ1n) is 7.33. The molecule has 1 aromatic carbocycles. The molecule has 3 nitrogen and oxygen atoms in total. The van der Waals surface area contributed by atoms with Gasteiger partial charge in [0.1, 0.15) is 13.2 Å². The smallest absolute Gasteiger partial charge is 0.212 e. The largest absolute Gasteiger partial charge is 0.359 e. The van der Waals surface area contributed by atoms with E-state index in [0.29, 0.717) is 6.17 Å². The van der Waals surface area contributed by atoms with E-state index in [1.165, 1.54) is 22.5 Å². The lowest BCUT2D eigenvalue weighted by atomic mass is 10.0. The first kappa shape index (κ1) is 13.7. The van der Waals surface area contributed by atoms with Gasteiger partial charge < -0.3 is 9.80 Å². The standard InChI is InChI=1S/C18H22N3/c1-14-16(18-9-5-6-11-20(18)4)8-7-10-17(14)21-13-12-19(3)15(21)2/h5-13,15H,1-4H3/q+1/t15-/m0/s1. The molecule has 2 heterocycles. The van der Waals surface area contributed by atoms with E-state index >= 15 is 0 Å². The fourth-order valence-electron chi connectivity index (χ4n) is 2.89. The second-order valence-corrected chi connectivity index (χ2v) is 5.65. The summed E-state index contributed by atoms with van der Waals surface area (Å²) < 4.78 is 2.17. The molecule has 0 N–H and O–H groups in total. The first-order valence-corrected chi connectivity index (χ1v) is 7.33. The Morgan fingerprint density at radius 1 is 1.05 bits per heavy atom. The second kappa shape index (κ2) is 5.24. The molecule has 108 valence electrons. The van der Waals surface area contributed by atoms with Crippen LogP contribution in [0.3, 0.4) is 0 Å². The van der Waals surface area contributed by atoms with Gasteiger partial charge in [-0.2, -0.15) is 0 Å². The van der Waals surface area contributed by atoms with Crippen LogP contribution in [-0.2, 0) is 7.05 Å². The molecule has 3 rings (SSSR count). The molecule has 0 saturated carbocycles. The van der Waals surface area contributed by atoms with Crippen LogP contribution in [0.4, 0.5) is 5.69 Å².